The SMILES string of the molecule is CN1CN(c2cccc(Oc3cc(-c4ccc5ccccc5n4)nc4ccccc34)c2)c2ccccc21. The second-order valence-corrected chi connectivity index (χ2v) is 9.27. The summed E-state index contributed by atoms with van der Waals surface area (Å²) < 4.78 is 6.55. The summed E-state index contributed by atoms with van der Waals surface area (Å²) >= 11 is 0. The van der Waals surface area contributed by atoms with Crippen LogP contribution >= 0.6 is 0 Å². The fourth-order valence-corrected chi connectivity index (χ4v) is 5.01. The molecule has 0 fully saturated rings. The van der Waals surface area contributed by atoms with E-state index < -0.39 is 0 Å². The maximum atomic E-state index is 6.55. The molecular formula is C32H24N4O. The number of hydrogen-bond donors (Lipinski definition) is 0. The number of anilines is 3. The molecule has 37 heavy (non-hydrogen) atoms. The van der Waals surface area contributed by atoms with Gasteiger partial charge >= 0.3 is 0 Å². The van der Waals surface area contributed by atoms with E-state index in [-0.39, 0.29) is 0 Å². The molecule has 3 heterocycles. The van der Waals surface area contributed by atoms with Crippen LogP contribution in [0.2, 0.25) is 0 Å². The van der Waals surface area contributed by atoms with Crippen molar-refractivity contribution < 1.29 is 4.74 Å². The molecule has 0 atom stereocenters. The first-order valence-corrected chi connectivity index (χ1v) is 12.3. The van der Waals surface area contributed by atoms with Gasteiger partial charge in [0.2, 0.25) is 0 Å². The Hall–Kier alpha value is -4.90. The Morgan fingerprint density at radius 1 is 0.649 bits per heavy atom. The van der Waals surface area contributed by atoms with Gasteiger partial charge in [0, 0.05) is 35.6 Å². The van der Waals surface area contributed by atoms with E-state index in [0.29, 0.717) is 0 Å². The van der Waals surface area contributed by atoms with Crippen molar-refractivity contribution >= 4 is 38.9 Å². The molecule has 1 aliphatic rings. The first-order chi connectivity index (χ1) is 18.2. The normalized spacial score (nSPS) is 12.8. The Labute approximate surface area is 215 Å². The first kappa shape index (κ1) is 21.4. The van der Waals surface area contributed by atoms with Crippen molar-refractivity contribution in [3.05, 3.63) is 115 Å². The zero-order chi connectivity index (χ0) is 24.8. The van der Waals surface area contributed by atoms with E-state index >= 15 is 0 Å². The van der Waals surface area contributed by atoms with Crippen LogP contribution < -0.4 is 14.5 Å². The van der Waals surface area contributed by atoms with Crippen molar-refractivity contribution in [1.29, 1.82) is 0 Å². The van der Waals surface area contributed by atoms with Crippen LogP contribution in [-0.2, 0) is 0 Å². The van der Waals surface area contributed by atoms with Crippen molar-refractivity contribution in [3.8, 4) is 22.9 Å². The van der Waals surface area contributed by atoms with E-state index in [1.165, 1.54) is 11.4 Å². The number of nitrogens with zero attached hydrogens (tertiary/aromatic N) is 4. The molecule has 0 N–H and O–H groups in total. The lowest BCUT2D eigenvalue weighted by Crippen LogP contribution is -2.23. The zero-order valence-electron chi connectivity index (χ0n) is 20.4. The summed E-state index contributed by atoms with van der Waals surface area (Å²) in [4.78, 5) is 14.3. The van der Waals surface area contributed by atoms with Gasteiger partial charge in [-0.05, 0) is 48.5 Å². The first-order valence-electron chi connectivity index (χ1n) is 12.3. The minimum absolute atomic E-state index is 0.756. The summed E-state index contributed by atoms with van der Waals surface area (Å²) in [6, 6.07) is 39.0. The highest BCUT2D eigenvalue weighted by atomic mass is 16.5. The molecular weight excluding hydrogens is 456 g/mol. The third kappa shape index (κ3) is 3.81. The summed E-state index contributed by atoms with van der Waals surface area (Å²) in [5, 5.41) is 2.07. The van der Waals surface area contributed by atoms with E-state index in [4.69, 9.17) is 14.7 Å². The van der Waals surface area contributed by atoms with Gasteiger partial charge in [-0.2, -0.15) is 0 Å². The van der Waals surface area contributed by atoms with Crippen LogP contribution in [-0.4, -0.2) is 23.7 Å². The molecule has 6 aromatic rings. The molecule has 5 nitrogen and oxygen atoms in total. The molecule has 2 aromatic heterocycles. The third-order valence-electron chi connectivity index (χ3n) is 6.83. The molecule has 0 unspecified atom stereocenters. The van der Waals surface area contributed by atoms with Crippen molar-refractivity contribution in [2.75, 3.05) is 23.5 Å². The Bertz CT molecular complexity index is 1780. The van der Waals surface area contributed by atoms with Crippen LogP contribution in [0.4, 0.5) is 17.1 Å². The van der Waals surface area contributed by atoms with Crippen molar-refractivity contribution in [3.63, 3.8) is 0 Å². The topological polar surface area (TPSA) is 41.5 Å². The fourth-order valence-electron chi connectivity index (χ4n) is 5.01. The molecule has 4 aromatic carbocycles. The lowest BCUT2D eigenvalue weighted by atomic mass is 10.1. The van der Waals surface area contributed by atoms with Gasteiger partial charge in [0.05, 0.1) is 40.5 Å². The number of benzene rings is 4. The predicted molar refractivity (Wildman–Crippen MR) is 151 cm³/mol. The van der Waals surface area contributed by atoms with E-state index in [9.17, 15) is 0 Å². The summed E-state index contributed by atoms with van der Waals surface area (Å²) in [7, 11) is 2.12. The zero-order valence-corrected chi connectivity index (χ0v) is 20.4. The second kappa shape index (κ2) is 8.64. The minimum atomic E-state index is 0.756. The van der Waals surface area contributed by atoms with Gasteiger partial charge < -0.3 is 14.5 Å². The Morgan fingerprint density at radius 2 is 1.41 bits per heavy atom. The third-order valence-corrected chi connectivity index (χ3v) is 6.83. The molecule has 1 aliphatic heterocycles. The minimum Gasteiger partial charge on any atom is -0.457 e. The van der Waals surface area contributed by atoms with Gasteiger partial charge in [-0.1, -0.05) is 54.6 Å². The Morgan fingerprint density at radius 3 is 2.32 bits per heavy atom. The van der Waals surface area contributed by atoms with E-state index in [2.05, 4.69) is 65.4 Å². The highest BCUT2D eigenvalue weighted by molar-refractivity contribution is 5.89. The second-order valence-electron chi connectivity index (χ2n) is 9.27. The van der Waals surface area contributed by atoms with Crippen molar-refractivity contribution in [2.45, 2.75) is 0 Å². The Kier molecular flexibility index (Phi) is 5.00. The van der Waals surface area contributed by atoms with Gasteiger partial charge in [0.25, 0.3) is 0 Å². The van der Waals surface area contributed by atoms with Crippen LogP contribution in [0.5, 0.6) is 11.5 Å². The molecule has 0 saturated heterocycles. The number of pyridine rings is 2. The van der Waals surface area contributed by atoms with Crippen molar-refractivity contribution in [2.24, 2.45) is 0 Å². The maximum absolute atomic E-state index is 6.55. The van der Waals surface area contributed by atoms with Crippen LogP contribution in [0, 0.1) is 0 Å². The van der Waals surface area contributed by atoms with Crippen LogP contribution in [0.3, 0.4) is 0 Å². The molecule has 0 bridgehead atoms. The highest BCUT2D eigenvalue weighted by Gasteiger charge is 2.24. The highest BCUT2D eigenvalue weighted by Crippen LogP contribution is 2.41. The number of hydrogen-bond acceptors (Lipinski definition) is 5. The molecule has 0 radical (unpaired) electrons. The van der Waals surface area contributed by atoms with Crippen LogP contribution in [0.15, 0.2) is 115 Å². The monoisotopic (exact) mass is 480 g/mol. The van der Waals surface area contributed by atoms with E-state index in [1.807, 2.05) is 66.7 Å². The van der Waals surface area contributed by atoms with Gasteiger partial charge in [0.15, 0.2) is 0 Å². The van der Waals surface area contributed by atoms with Gasteiger partial charge in [-0.15, -0.1) is 0 Å². The van der Waals surface area contributed by atoms with E-state index in [0.717, 1.165) is 57.0 Å². The number of aromatic nitrogens is 2. The molecule has 178 valence electrons. The average Bonchev–Trinajstić information content (AvgIpc) is 3.29. The largest absolute Gasteiger partial charge is 0.457 e. The maximum Gasteiger partial charge on any atom is 0.139 e. The molecule has 7 rings (SSSR count). The number of para-hydroxylation sites is 4. The molecule has 0 aliphatic carbocycles. The summed E-state index contributed by atoms with van der Waals surface area (Å²) in [5.74, 6) is 1.53. The standard InChI is InChI=1S/C32H24N4O/c1-35-21-36(31-16-7-6-15-30(31)35)23-10-8-11-24(19-23)37-32-20-29(34-27-14-5-3-12-25(27)32)28-18-17-22-9-2-4-13-26(22)33-28/h2-20H,21H2,1H3. The van der Waals surface area contributed by atoms with E-state index in [1.54, 1.807) is 0 Å². The lowest BCUT2D eigenvalue weighted by Gasteiger charge is -2.20. The summed E-state index contributed by atoms with van der Waals surface area (Å²) in [5.41, 5.74) is 6.93. The van der Waals surface area contributed by atoms with Gasteiger partial charge in [-0.25, -0.2) is 9.97 Å². The number of rotatable bonds is 4. The smallest absolute Gasteiger partial charge is 0.139 e. The van der Waals surface area contributed by atoms with Gasteiger partial charge in [-0.3, -0.25) is 0 Å². The fraction of sp³-hybridized carbons (Fsp3) is 0.0625. The van der Waals surface area contributed by atoms with Crippen molar-refractivity contribution in [1.82, 2.24) is 9.97 Å². The average molecular weight is 481 g/mol. The molecule has 5 heteroatoms. The summed E-state index contributed by atoms with van der Waals surface area (Å²) in [6.45, 7) is 0.790. The van der Waals surface area contributed by atoms with Gasteiger partial charge in [0.1, 0.15) is 11.5 Å². The number of ether oxygens (including phenoxy) is 1. The predicted octanol–water partition coefficient (Wildman–Crippen LogP) is 7.79. The summed E-state index contributed by atoms with van der Waals surface area (Å²) in [6.07, 6.45) is 0. The quantitative estimate of drug-likeness (QED) is 0.258. The number of fused-ring (bicyclic) bond motifs is 3. The molecule has 0 saturated carbocycles. The molecule has 0 spiro atoms. The van der Waals surface area contributed by atoms with Crippen LogP contribution in [0.1, 0.15) is 0 Å². The lowest BCUT2D eigenvalue weighted by molar-refractivity contribution is 0.488. The Balaban J connectivity index is 1.28. The molecule has 0 amide bonds. The van der Waals surface area contributed by atoms with Crippen LogP contribution in [0.25, 0.3) is 33.2 Å².